The molecule has 3 aromatic rings. The molecular weight excluding hydrogens is 428 g/mol. The van der Waals surface area contributed by atoms with Gasteiger partial charge < -0.3 is 4.74 Å². The molecule has 0 aliphatic carbocycles. The number of anilines is 1. The average molecular weight is 440 g/mol. The molecule has 0 aliphatic rings. The Morgan fingerprint density at radius 3 is 2.59 bits per heavy atom. The van der Waals surface area contributed by atoms with Crippen LogP contribution in [0.4, 0.5) is 19.6 Å². The third-order valence-electron chi connectivity index (χ3n) is 3.77. The Bertz CT molecular complexity index is 1070. The number of thiazole rings is 1. The van der Waals surface area contributed by atoms with Crippen molar-refractivity contribution in [2.75, 3.05) is 5.32 Å². The van der Waals surface area contributed by atoms with Gasteiger partial charge in [-0.05, 0) is 43.3 Å². The van der Waals surface area contributed by atoms with E-state index >= 15 is 0 Å². The molecule has 3 rings (SSSR count). The topological polar surface area (TPSA) is 94.4 Å². The number of alkyl halides is 2. The summed E-state index contributed by atoms with van der Waals surface area (Å²) in [5, 5.41) is 14.1. The predicted molar refractivity (Wildman–Crippen MR) is 105 cm³/mol. The van der Waals surface area contributed by atoms with Crippen LogP contribution in [0.25, 0.3) is 11.3 Å². The highest BCUT2D eigenvalue weighted by molar-refractivity contribution is 7.16. The molecule has 1 heterocycles. The Hall–Kier alpha value is -3.11. The quantitative estimate of drug-likeness (QED) is 0.402. The second kappa shape index (κ2) is 8.50. The van der Waals surface area contributed by atoms with E-state index in [1.54, 1.807) is 19.1 Å². The maximum Gasteiger partial charge on any atom is 0.387 e. The maximum atomic E-state index is 12.5. The molecule has 0 saturated carbocycles. The molecule has 0 radical (unpaired) electrons. The molecule has 0 atom stereocenters. The summed E-state index contributed by atoms with van der Waals surface area (Å²) < 4.78 is 28.8. The molecule has 0 bridgehead atoms. The second-order valence-electron chi connectivity index (χ2n) is 5.70. The van der Waals surface area contributed by atoms with Gasteiger partial charge in [0.05, 0.1) is 10.6 Å². The molecule has 1 N–H and O–H groups in total. The van der Waals surface area contributed by atoms with Crippen molar-refractivity contribution < 1.29 is 23.2 Å². The number of halogens is 3. The Balaban J connectivity index is 1.82. The molecule has 0 saturated heterocycles. The highest BCUT2D eigenvalue weighted by Crippen LogP contribution is 2.32. The van der Waals surface area contributed by atoms with Crippen LogP contribution in [-0.2, 0) is 0 Å². The van der Waals surface area contributed by atoms with Crippen molar-refractivity contribution in [1.82, 2.24) is 4.98 Å². The van der Waals surface area contributed by atoms with Crippen LogP contribution in [0.15, 0.2) is 42.5 Å². The monoisotopic (exact) mass is 439 g/mol. The smallest absolute Gasteiger partial charge is 0.387 e. The molecule has 0 spiro atoms. The van der Waals surface area contributed by atoms with E-state index in [2.05, 4.69) is 15.0 Å². The van der Waals surface area contributed by atoms with Gasteiger partial charge in [0.2, 0.25) is 0 Å². The molecule has 1 aromatic heterocycles. The number of aryl methyl sites for hydroxylation is 1. The third-order valence-corrected chi connectivity index (χ3v) is 4.89. The number of rotatable bonds is 6. The minimum atomic E-state index is -2.92. The van der Waals surface area contributed by atoms with Crippen molar-refractivity contribution in [3.8, 4) is 17.0 Å². The molecule has 0 unspecified atom stereocenters. The fourth-order valence-electron chi connectivity index (χ4n) is 2.52. The summed E-state index contributed by atoms with van der Waals surface area (Å²) in [6.07, 6.45) is 0. The largest absolute Gasteiger partial charge is 0.435 e. The third kappa shape index (κ3) is 4.84. The van der Waals surface area contributed by atoms with E-state index in [0.717, 1.165) is 10.9 Å². The minimum Gasteiger partial charge on any atom is -0.435 e. The van der Waals surface area contributed by atoms with Crippen LogP contribution < -0.4 is 10.1 Å². The van der Waals surface area contributed by atoms with Gasteiger partial charge in [0.15, 0.2) is 5.13 Å². The summed E-state index contributed by atoms with van der Waals surface area (Å²) in [5.41, 5.74) is 0.610. The summed E-state index contributed by atoms with van der Waals surface area (Å²) in [7, 11) is 0. The first-order chi connectivity index (χ1) is 13.7. The first kappa shape index (κ1) is 20.6. The fourth-order valence-corrected chi connectivity index (χ4v) is 3.52. The van der Waals surface area contributed by atoms with Crippen molar-refractivity contribution in [3.63, 3.8) is 0 Å². The van der Waals surface area contributed by atoms with Crippen molar-refractivity contribution in [3.05, 3.63) is 68.0 Å². The molecule has 7 nitrogen and oxygen atoms in total. The van der Waals surface area contributed by atoms with Gasteiger partial charge in [-0.1, -0.05) is 11.6 Å². The lowest BCUT2D eigenvalue weighted by Gasteiger charge is -2.05. The van der Waals surface area contributed by atoms with Gasteiger partial charge in [-0.25, -0.2) is 4.98 Å². The van der Waals surface area contributed by atoms with E-state index in [1.807, 2.05) is 0 Å². The van der Waals surface area contributed by atoms with Crippen LogP contribution >= 0.6 is 22.9 Å². The molecule has 29 heavy (non-hydrogen) atoms. The zero-order valence-electron chi connectivity index (χ0n) is 14.7. The number of benzene rings is 2. The Morgan fingerprint density at radius 1 is 1.28 bits per heavy atom. The highest BCUT2D eigenvalue weighted by Gasteiger charge is 2.22. The second-order valence-corrected chi connectivity index (χ2v) is 7.34. The molecule has 150 valence electrons. The van der Waals surface area contributed by atoms with Crippen molar-refractivity contribution in [1.29, 1.82) is 0 Å². The predicted octanol–water partition coefficient (Wildman–Crippen LogP) is 5.53. The summed E-state index contributed by atoms with van der Waals surface area (Å²) in [4.78, 5) is 28.0. The van der Waals surface area contributed by atoms with E-state index in [0.29, 0.717) is 11.3 Å². The van der Waals surface area contributed by atoms with Crippen LogP contribution in [0.1, 0.15) is 15.2 Å². The van der Waals surface area contributed by atoms with Gasteiger partial charge in [-0.3, -0.25) is 20.2 Å². The number of carbonyl (C=O) groups excluding carboxylic acids is 1. The lowest BCUT2D eigenvalue weighted by molar-refractivity contribution is -0.385. The summed E-state index contributed by atoms with van der Waals surface area (Å²) in [5.74, 6) is -0.686. The van der Waals surface area contributed by atoms with Gasteiger partial charge >= 0.3 is 6.61 Å². The van der Waals surface area contributed by atoms with Crippen LogP contribution in [0.5, 0.6) is 5.75 Å². The zero-order valence-corrected chi connectivity index (χ0v) is 16.3. The Morgan fingerprint density at radius 2 is 1.97 bits per heavy atom. The normalized spacial score (nSPS) is 10.8. The minimum absolute atomic E-state index is 0.0141. The number of nitrogens with one attached hydrogen (secondary N) is 1. The molecule has 2 aromatic carbocycles. The molecule has 11 heteroatoms. The zero-order chi connectivity index (χ0) is 21.1. The van der Waals surface area contributed by atoms with E-state index in [1.165, 1.54) is 35.6 Å². The summed E-state index contributed by atoms with van der Waals surface area (Å²) in [6, 6.07) is 9.64. The molecule has 0 aliphatic heterocycles. The first-order valence-corrected chi connectivity index (χ1v) is 9.22. The van der Waals surface area contributed by atoms with Gasteiger partial charge in [0.1, 0.15) is 11.3 Å². The standard InChI is InChI=1S/C18H12ClF2N3O4S/c1-9-15(10-2-5-12(6-3-10)28-17(20)21)22-18(29-9)23-16(25)13-7-4-11(19)8-14(13)24(26)27/h2-8,17H,1H3,(H,22,23,25). The van der Waals surface area contributed by atoms with Crippen LogP contribution in [-0.4, -0.2) is 22.4 Å². The number of ether oxygens (including phenoxy) is 1. The van der Waals surface area contributed by atoms with Gasteiger partial charge in [-0.2, -0.15) is 8.78 Å². The number of nitro groups is 1. The Labute approximate surface area is 172 Å². The molecule has 1 amide bonds. The van der Waals surface area contributed by atoms with Gasteiger partial charge in [-0.15, -0.1) is 11.3 Å². The lowest BCUT2D eigenvalue weighted by atomic mass is 10.1. The first-order valence-electron chi connectivity index (χ1n) is 8.02. The van der Waals surface area contributed by atoms with E-state index in [-0.39, 0.29) is 21.5 Å². The Kier molecular flexibility index (Phi) is 6.04. The maximum absolute atomic E-state index is 12.5. The van der Waals surface area contributed by atoms with Gasteiger partial charge in [0, 0.05) is 21.5 Å². The average Bonchev–Trinajstić information content (AvgIpc) is 3.01. The number of carbonyl (C=O) groups is 1. The van der Waals surface area contributed by atoms with Crippen molar-refractivity contribution >= 4 is 39.7 Å². The van der Waals surface area contributed by atoms with Crippen LogP contribution in [0, 0.1) is 17.0 Å². The number of amides is 1. The number of nitrogens with zero attached hydrogens (tertiary/aromatic N) is 2. The molecule has 0 fully saturated rings. The van der Waals surface area contributed by atoms with Crippen molar-refractivity contribution in [2.45, 2.75) is 13.5 Å². The number of hydrogen-bond acceptors (Lipinski definition) is 6. The lowest BCUT2D eigenvalue weighted by Crippen LogP contribution is -2.13. The van der Waals surface area contributed by atoms with E-state index in [9.17, 15) is 23.7 Å². The van der Waals surface area contributed by atoms with E-state index < -0.39 is 23.1 Å². The fraction of sp³-hybridized carbons (Fsp3) is 0.111. The van der Waals surface area contributed by atoms with Crippen molar-refractivity contribution in [2.24, 2.45) is 0 Å². The number of hydrogen-bond donors (Lipinski definition) is 1. The summed E-state index contributed by atoms with van der Waals surface area (Å²) >= 11 is 6.93. The van der Waals surface area contributed by atoms with Crippen LogP contribution in [0.3, 0.4) is 0 Å². The number of aromatic nitrogens is 1. The van der Waals surface area contributed by atoms with E-state index in [4.69, 9.17) is 11.6 Å². The van der Waals surface area contributed by atoms with Gasteiger partial charge in [0.25, 0.3) is 11.6 Å². The molecular formula is C18H12ClF2N3O4S. The van der Waals surface area contributed by atoms with Crippen LogP contribution in [0.2, 0.25) is 5.02 Å². The highest BCUT2D eigenvalue weighted by atomic mass is 35.5. The SMILES string of the molecule is Cc1sc(NC(=O)c2ccc(Cl)cc2[N+](=O)[O-])nc1-c1ccc(OC(F)F)cc1. The summed E-state index contributed by atoms with van der Waals surface area (Å²) in [6.45, 7) is -1.14. The number of nitro benzene ring substituents is 1.